The minimum absolute atomic E-state index is 0.846. The fourth-order valence-corrected chi connectivity index (χ4v) is 3.37. The Bertz CT molecular complexity index is 610. The van der Waals surface area contributed by atoms with E-state index in [9.17, 15) is 0 Å². The van der Waals surface area contributed by atoms with E-state index >= 15 is 0 Å². The Labute approximate surface area is 143 Å². The summed E-state index contributed by atoms with van der Waals surface area (Å²) in [6.07, 6.45) is 3.38. The van der Waals surface area contributed by atoms with Crippen molar-refractivity contribution in [2.24, 2.45) is 0 Å². The van der Waals surface area contributed by atoms with Gasteiger partial charge in [-0.15, -0.1) is 0 Å². The third-order valence-corrected chi connectivity index (χ3v) is 4.69. The predicted octanol–water partition coefficient (Wildman–Crippen LogP) is 3.60. The van der Waals surface area contributed by atoms with Gasteiger partial charge >= 0.3 is 0 Å². The minimum atomic E-state index is 0.846. The zero-order valence-corrected chi connectivity index (χ0v) is 14.8. The molecule has 0 aromatic heterocycles. The van der Waals surface area contributed by atoms with Gasteiger partial charge in [0.25, 0.3) is 0 Å². The highest BCUT2D eigenvalue weighted by Gasteiger charge is 2.17. The van der Waals surface area contributed by atoms with E-state index in [1.807, 2.05) is 0 Å². The first kappa shape index (κ1) is 16.5. The monoisotopic (exact) mass is 328 g/mol. The summed E-state index contributed by atoms with van der Waals surface area (Å²) in [5.74, 6) is 3.69. The van der Waals surface area contributed by atoms with Gasteiger partial charge in [-0.05, 0) is 72.2 Å². The fraction of sp³-hybridized carbons (Fsp3) is 0.400. The standard InChI is InChI=1S/C20H24O4/c1-21-17-9-14-7-8-16-12-19(23-3)15(11-20(16)24-4)6-5-13(17)10-18(14)22-2/h9-12H,5-8H2,1-4H3. The molecule has 2 aromatic carbocycles. The second-order valence-corrected chi connectivity index (χ2v) is 5.95. The molecule has 0 saturated heterocycles. The lowest BCUT2D eigenvalue weighted by molar-refractivity contribution is 0.388. The predicted molar refractivity (Wildman–Crippen MR) is 93.9 cm³/mol. The summed E-state index contributed by atoms with van der Waals surface area (Å²) in [5.41, 5.74) is 4.57. The lowest BCUT2D eigenvalue weighted by atomic mass is 9.94. The summed E-state index contributed by atoms with van der Waals surface area (Å²) >= 11 is 0. The second-order valence-electron chi connectivity index (χ2n) is 5.95. The Hall–Kier alpha value is -2.36. The number of hydrogen-bond acceptors (Lipinski definition) is 4. The van der Waals surface area contributed by atoms with Crippen molar-refractivity contribution in [3.8, 4) is 23.0 Å². The molecule has 0 N–H and O–H groups in total. The van der Waals surface area contributed by atoms with Gasteiger partial charge in [0.2, 0.25) is 0 Å². The van der Waals surface area contributed by atoms with Gasteiger partial charge in [-0.3, -0.25) is 0 Å². The molecule has 0 spiro atoms. The van der Waals surface area contributed by atoms with Crippen LogP contribution in [0.1, 0.15) is 22.3 Å². The first-order valence-electron chi connectivity index (χ1n) is 8.17. The highest BCUT2D eigenvalue weighted by Crippen LogP contribution is 2.36. The molecular weight excluding hydrogens is 304 g/mol. The molecule has 4 aliphatic rings. The van der Waals surface area contributed by atoms with Crippen molar-refractivity contribution in [1.82, 2.24) is 0 Å². The number of aryl methyl sites for hydroxylation is 4. The molecule has 2 aromatic rings. The number of hydrogen-bond donors (Lipinski definition) is 0. The van der Waals surface area contributed by atoms with Gasteiger partial charge in [0.1, 0.15) is 23.0 Å². The van der Waals surface area contributed by atoms with Crippen LogP contribution in [-0.2, 0) is 25.7 Å². The lowest BCUT2D eigenvalue weighted by Crippen LogP contribution is -2.06. The summed E-state index contributed by atoms with van der Waals surface area (Å²) in [7, 11) is 6.88. The maximum Gasteiger partial charge on any atom is 0.122 e. The van der Waals surface area contributed by atoms with Gasteiger partial charge in [-0.2, -0.15) is 0 Å². The van der Waals surface area contributed by atoms with Crippen molar-refractivity contribution in [1.29, 1.82) is 0 Å². The van der Waals surface area contributed by atoms with E-state index in [1.54, 1.807) is 28.4 Å². The SMILES string of the molecule is COc1cc2c(OC)cc1CCc1cc(OC)c(cc1OC)CC2. The topological polar surface area (TPSA) is 36.9 Å². The summed E-state index contributed by atoms with van der Waals surface area (Å²) in [4.78, 5) is 0. The number of benzene rings is 2. The van der Waals surface area contributed by atoms with Crippen LogP contribution >= 0.6 is 0 Å². The quantitative estimate of drug-likeness (QED) is 0.859. The number of ether oxygens (including phenoxy) is 4. The van der Waals surface area contributed by atoms with Crippen LogP contribution in [0.4, 0.5) is 0 Å². The zero-order valence-electron chi connectivity index (χ0n) is 14.8. The molecule has 4 nitrogen and oxygen atoms in total. The van der Waals surface area contributed by atoms with Crippen LogP contribution in [0, 0.1) is 0 Å². The van der Waals surface area contributed by atoms with Gasteiger partial charge in [0.05, 0.1) is 28.4 Å². The number of rotatable bonds is 4. The molecule has 6 rings (SSSR count). The lowest BCUT2D eigenvalue weighted by Gasteiger charge is -2.19. The molecule has 4 heteroatoms. The van der Waals surface area contributed by atoms with Crippen molar-refractivity contribution in [3.63, 3.8) is 0 Å². The fourth-order valence-electron chi connectivity index (χ4n) is 3.37. The Kier molecular flexibility index (Phi) is 4.84. The van der Waals surface area contributed by atoms with Crippen molar-refractivity contribution in [3.05, 3.63) is 46.5 Å². The average Bonchev–Trinajstić information content (AvgIpc) is 2.62. The van der Waals surface area contributed by atoms with Gasteiger partial charge in [0, 0.05) is 0 Å². The first-order valence-corrected chi connectivity index (χ1v) is 8.17. The Morgan fingerprint density at radius 3 is 0.833 bits per heavy atom. The third-order valence-electron chi connectivity index (χ3n) is 4.69. The maximum absolute atomic E-state index is 5.60. The van der Waals surface area contributed by atoms with Gasteiger partial charge < -0.3 is 18.9 Å². The largest absolute Gasteiger partial charge is 0.496 e. The highest BCUT2D eigenvalue weighted by molar-refractivity contribution is 5.51. The van der Waals surface area contributed by atoms with E-state index in [2.05, 4.69) is 24.3 Å². The summed E-state index contributed by atoms with van der Waals surface area (Å²) < 4.78 is 22.4. The molecule has 0 aliphatic heterocycles. The van der Waals surface area contributed by atoms with E-state index in [0.717, 1.165) is 70.9 Å². The second kappa shape index (κ2) is 7.04. The van der Waals surface area contributed by atoms with Crippen LogP contribution < -0.4 is 18.9 Å². The van der Waals surface area contributed by atoms with Gasteiger partial charge in [-0.25, -0.2) is 0 Å². The molecular formula is C20H24O4. The molecule has 0 radical (unpaired) electrons. The summed E-state index contributed by atoms with van der Waals surface area (Å²) in [5, 5.41) is 0. The van der Waals surface area contributed by atoms with Crippen LogP contribution in [0.2, 0.25) is 0 Å². The van der Waals surface area contributed by atoms with E-state index in [1.165, 1.54) is 0 Å². The summed E-state index contributed by atoms with van der Waals surface area (Å²) in [6, 6.07) is 8.41. The Morgan fingerprint density at radius 2 is 0.667 bits per heavy atom. The highest BCUT2D eigenvalue weighted by atomic mass is 16.5. The van der Waals surface area contributed by atoms with E-state index < -0.39 is 0 Å². The molecule has 4 aliphatic carbocycles. The molecule has 0 fully saturated rings. The van der Waals surface area contributed by atoms with Crippen molar-refractivity contribution in [2.75, 3.05) is 28.4 Å². The molecule has 24 heavy (non-hydrogen) atoms. The van der Waals surface area contributed by atoms with E-state index in [-0.39, 0.29) is 0 Å². The zero-order chi connectivity index (χ0) is 17.1. The van der Waals surface area contributed by atoms with Crippen LogP contribution in [0.3, 0.4) is 0 Å². The van der Waals surface area contributed by atoms with Crippen molar-refractivity contribution < 1.29 is 18.9 Å². The Balaban J connectivity index is 2.12. The molecule has 0 saturated carbocycles. The first-order chi connectivity index (χ1) is 11.7. The number of methoxy groups -OCH3 is 4. The minimum Gasteiger partial charge on any atom is -0.496 e. The van der Waals surface area contributed by atoms with Crippen molar-refractivity contribution in [2.45, 2.75) is 25.7 Å². The van der Waals surface area contributed by atoms with Crippen LogP contribution in [0.15, 0.2) is 24.3 Å². The van der Waals surface area contributed by atoms with E-state index in [4.69, 9.17) is 18.9 Å². The Morgan fingerprint density at radius 1 is 0.458 bits per heavy atom. The molecule has 4 bridgehead atoms. The summed E-state index contributed by atoms with van der Waals surface area (Å²) in [6.45, 7) is 0. The van der Waals surface area contributed by atoms with Crippen LogP contribution in [0.25, 0.3) is 0 Å². The molecule has 0 unspecified atom stereocenters. The van der Waals surface area contributed by atoms with E-state index in [0.29, 0.717) is 0 Å². The van der Waals surface area contributed by atoms with Gasteiger partial charge in [0.15, 0.2) is 0 Å². The molecule has 0 heterocycles. The molecule has 0 atom stereocenters. The van der Waals surface area contributed by atoms with Gasteiger partial charge in [-0.1, -0.05) is 0 Å². The van der Waals surface area contributed by atoms with Crippen molar-refractivity contribution >= 4 is 0 Å². The third kappa shape index (κ3) is 3.01. The average molecular weight is 328 g/mol. The molecule has 0 amide bonds. The normalized spacial score (nSPS) is 13.2. The maximum atomic E-state index is 5.60. The van der Waals surface area contributed by atoms with Crippen LogP contribution in [0.5, 0.6) is 23.0 Å². The molecule has 128 valence electrons. The smallest absolute Gasteiger partial charge is 0.122 e. The van der Waals surface area contributed by atoms with Crippen LogP contribution in [-0.4, -0.2) is 28.4 Å².